The minimum Gasteiger partial charge on any atom is -0.478 e. The quantitative estimate of drug-likeness (QED) is 0.701. The fourth-order valence-corrected chi connectivity index (χ4v) is 4.02. The highest BCUT2D eigenvalue weighted by Crippen LogP contribution is 2.29. The standard InChI is InChI=1S/C24H27ClN2O4/c1-15(2)21(26-22(28)18-4-3-5-19(14-18)24(30)31)23(29)27-12-10-17(11-13-27)16-6-8-20(25)9-7-16/h3-9,14-15,17,21H,10-13H2,1-2H3,(H,26,28)(H,30,31)/t21-/m1/s1. The summed E-state index contributed by atoms with van der Waals surface area (Å²) in [5, 5.41) is 12.7. The fourth-order valence-electron chi connectivity index (χ4n) is 3.90. The van der Waals surface area contributed by atoms with Crippen molar-refractivity contribution in [1.29, 1.82) is 0 Å². The number of halogens is 1. The van der Waals surface area contributed by atoms with Crippen LogP contribution in [0.2, 0.25) is 5.02 Å². The predicted molar refractivity (Wildman–Crippen MR) is 120 cm³/mol. The van der Waals surface area contributed by atoms with Crippen molar-refractivity contribution in [1.82, 2.24) is 10.2 Å². The Labute approximate surface area is 187 Å². The van der Waals surface area contributed by atoms with Gasteiger partial charge in [0, 0.05) is 23.7 Å². The second kappa shape index (κ2) is 9.96. The van der Waals surface area contributed by atoms with Crippen LogP contribution in [0.5, 0.6) is 0 Å². The van der Waals surface area contributed by atoms with Crippen molar-refractivity contribution in [2.75, 3.05) is 13.1 Å². The number of piperidine rings is 1. The minimum absolute atomic E-state index is 0.0318. The Kier molecular flexibility index (Phi) is 7.33. The molecule has 7 heteroatoms. The molecule has 0 unspecified atom stereocenters. The van der Waals surface area contributed by atoms with E-state index < -0.39 is 17.9 Å². The molecule has 2 amide bonds. The van der Waals surface area contributed by atoms with Gasteiger partial charge in [-0.3, -0.25) is 9.59 Å². The van der Waals surface area contributed by atoms with E-state index in [1.807, 2.05) is 43.0 Å². The largest absolute Gasteiger partial charge is 0.478 e. The molecule has 1 fully saturated rings. The summed E-state index contributed by atoms with van der Waals surface area (Å²) in [6.45, 7) is 5.02. The number of carboxylic acid groups (broad SMARTS) is 1. The molecule has 0 spiro atoms. The topological polar surface area (TPSA) is 86.7 Å². The average Bonchev–Trinajstić information content (AvgIpc) is 2.77. The molecule has 1 aliphatic rings. The first-order valence-corrected chi connectivity index (χ1v) is 10.8. The lowest BCUT2D eigenvalue weighted by atomic mass is 9.89. The third-order valence-electron chi connectivity index (χ3n) is 5.74. The molecule has 1 aliphatic heterocycles. The van der Waals surface area contributed by atoms with E-state index in [9.17, 15) is 14.4 Å². The van der Waals surface area contributed by atoms with Gasteiger partial charge >= 0.3 is 5.97 Å². The zero-order valence-corrected chi connectivity index (χ0v) is 18.4. The summed E-state index contributed by atoms with van der Waals surface area (Å²) in [6, 6.07) is 13.0. The lowest BCUT2D eigenvalue weighted by Crippen LogP contribution is -2.52. The first-order valence-electron chi connectivity index (χ1n) is 10.4. The molecular weight excluding hydrogens is 416 g/mol. The summed E-state index contributed by atoms with van der Waals surface area (Å²) in [7, 11) is 0. The highest BCUT2D eigenvalue weighted by Gasteiger charge is 2.31. The van der Waals surface area contributed by atoms with E-state index in [0.717, 1.165) is 12.8 Å². The van der Waals surface area contributed by atoms with Gasteiger partial charge in [0.1, 0.15) is 6.04 Å². The minimum atomic E-state index is -1.10. The SMILES string of the molecule is CC(C)[C@@H](NC(=O)c1cccc(C(=O)O)c1)C(=O)N1CCC(c2ccc(Cl)cc2)CC1. The van der Waals surface area contributed by atoms with Gasteiger partial charge in [0.25, 0.3) is 5.91 Å². The van der Waals surface area contributed by atoms with E-state index in [-0.39, 0.29) is 23.0 Å². The number of carbonyl (C=O) groups excluding carboxylic acids is 2. The summed E-state index contributed by atoms with van der Waals surface area (Å²) >= 11 is 5.97. The number of rotatable bonds is 6. The highest BCUT2D eigenvalue weighted by molar-refractivity contribution is 6.30. The Morgan fingerprint density at radius 3 is 2.23 bits per heavy atom. The molecule has 1 heterocycles. The van der Waals surface area contributed by atoms with E-state index in [1.54, 1.807) is 6.07 Å². The highest BCUT2D eigenvalue weighted by atomic mass is 35.5. The maximum absolute atomic E-state index is 13.2. The molecule has 1 saturated heterocycles. The molecule has 31 heavy (non-hydrogen) atoms. The molecule has 0 bridgehead atoms. The van der Waals surface area contributed by atoms with Crippen molar-refractivity contribution in [2.24, 2.45) is 5.92 Å². The lowest BCUT2D eigenvalue weighted by Gasteiger charge is -2.35. The Morgan fingerprint density at radius 1 is 1.03 bits per heavy atom. The Hall–Kier alpha value is -2.86. The zero-order chi connectivity index (χ0) is 22.5. The third-order valence-corrected chi connectivity index (χ3v) is 5.99. The van der Waals surface area contributed by atoms with Crippen LogP contribution >= 0.6 is 11.6 Å². The summed E-state index contributed by atoms with van der Waals surface area (Å²) in [6.07, 6.45) is 1.71. The second-order valence-electron chi connectivity index (χ2n) is 8.23. The second-order valence-corrected chi connectivity index (χ2v) is 8.67. The van der Waals surface area contributed by atoms with Crippen LogP contribution in [0, 0.1) is 5.92 Å². The first kappa shape index (κ1) is 22.8. The molecule has 0 aliphatic carbocycles. The van der Waals surface area contributed by atoms with Gasteiger partial charge in [-0.1, -0.05) is 43.6 Å². The van der Waals surface area contributed by atoms with Gasteiger partial charge in [-0.2, -0.15) is 0 Å². The van der Waals surface area contributed by atoms with Crippen LogP contribution in [0.4, 0.5) is 0 Å². The van der Waals surface area contributed by atoms with Crippen LogP contribution in [0.1, 0.15) is 58.9 Å². The predicted octanol–water partition coefficient (Wildman–Crippen LogP) is 4.20. The van der Waals surface area contributed by atoms with E-state index in [4.69, 9.17) is 16.7 Å². The monoisotopic (exact) mass is 442 g/mol. The van der Waals surface area contributed by atoms with Gasteiger partial charge in [-0.15, -0.1) is 0 Å². The summed E-state index contributed by atoms with van der Waals surface area (Å²) in [4.78, 5) is 38.8. The zero-order valence-electron chi connectivity index (χ0n) is 17.7. The molecular formula is C24H27ClN2O4. The van der Waals surface area contributed by atoms with Crippen LogP contribution in [-0.4, -0.2) is 46.9 Å². The van der Waals surface area contributed by atoms with Gasteiger partial charge in [0.2, 0.25) is 5.91 Å². The molecule has 6 nitrogen and oxygen atoms in total. The van der Waals surface area contributed by atoms with Crippen molar-refractivity contribution in [3.05, 3.63) is 70.2 Å². The van der Waals surface area contributed by atoms with E-state index in [0.29, 0.717) is 24.0 Å². The summed E-state index contributed by atoms with van der Waals surface area (Å²) < 4.78 is 0. The van der Waals surface area contributed by atoms with Crippen molar-refractivity contribution < 1.29 is 19.5 Å². The maximum Gasteiger partial charge on any atom is 0.335 e. The normalized spacial score (nSPS) is 15.5. The van der Waals surface area contributed by atoms with Crippen molar-refractivity contribution >= 4 is 29.4 Å². The molecule has 164 valence electrons. The van der Waals surface area contributed by atoms with Crippen molar-refractivity contribution in [3.8, 4) is 0 Å². The van der Waals surface area contributed by atoms with Gasteiger partial charge in [-0.05, 0) is 60.6 Å². The number of nitrogens with zero attached hydrogens (tertiary/aromatic N) is 1. The molecule has 1 atom stereocenters. The first-order chi connectivity index (χ1) is 14.8. The van der Waals surface area contributed by atoms with Crippen molar-refractivity contribution in [2.45, 2.75) is 38.6 Å². The number of nitrogens with one attached hydrogen (secondary N) is 1. The number of likely N-dealkylation sites (tertiary alicyclic amines) is 1. The van der Waals surface area contributed by atoms with Gasteiger partial charge in [0.15, 0.2) is 0 Å². The molecule has 2 N–H and O–H groups in total. The van der Waals surface area contributed by atoms with Gasteiger partial charge in [-0.25, -0.2) is 4.79 Å². The van der Waals surface area contributed by atoms with E-state index in [2.05, 4.69) is 5.32 Å². The number of hydrogen-bond acceptors (Lipinski definition) is 3. The van der Waals surface area contributed by atoms with Crippen LogP contribution in [-0.2, 0) is 4.79 Å². The number of amides is 2. The lowest BCUT2D eigenvalue weighted by molar-refractivity contribution is -0.135. The Morgan fingerprint density at radius 2 is 1.65 bits per heavy atom. The van der Waals surface area contributed by atoms with Crippen molar-refractivity contribution in [3.63, 3.8) is 0 Å². The molecule has 0 aromatic heterocycles. The molecule has 2 aromatic rings. The smallest absolute Gasteiger partial charge is 0.335 e. The number of carboxylic acids is 1. The number of carbonyl (C=O) groups is 3. The molecule has 2 aromatic carbocycles. The summed E-state index contributed by atoms with van der Waals surface area (Å²) in [5.41, 5.74) is 1.48. The van der Waals surface area contributed by atoms with Crippen LogP contribution in [0.25, 0.3) is 0 Å². The molecule has 0 radical (unpaired) electrons. The van der Waals surface area contributed by atoms with Crippen LogP contribution in [0.3, 0.4) is 0 Å². The number of benzene rings is 2. The van der Waals surface area contributed by atoms with E-state index >= 15 is 0 Å². The molecule has 0 saturated carbocycles. The number of hydrogen-bond donors (Lipinski definition) is 2. The fraction of sp³-hybridized carbons (Fsp3) is 0.375. The van der Waals surface area contributed by atoms with Gasteiger partial charge < -0.3 is 15.3 Å². The Bertz CT molecular complexity index is 950. The number of aromatic carboxylic acids is 1. The summed E-state index contributed by atoms with van der Waals surface area (Å²) in [5.74, 6) is -1.38. The average molecular weight is 443 g/mol. The van der Waals surface area contributed by atoms with E-state index in [1.165, 1.54) is 23.8 Å². The van der Waals surface area contributed by atoms with Gasteiger partial charge in [0.05, 0.1) is 5.56 Å². The molecule has 3 rings (SSSR count). The van der Waals surface area contributed by atoms with Crippen LogP contribution in [0.15, 0.2) is 48.5 Å². The van der Waals surface area contributed by atoms with Crippen LogP contribution < -0.4 is 5.32 Å². The third kappa shape index (κ3) is 5.64. The Balaban J connectivity index is 1.64. The maximum atomic E-state index is 13.2.